The molecule has 0 spiro atoms. The highest BCUT2D eigenvalue weighted by molar-refractivity contribution is 6.33. The highest BCUT2D eigenvalue weighted by atomic mass is 35.5. The van der Waals surface area contributed by atoms with Gasteiger partial charge in [-0.2, -0.15) is 5.26 Å². The second-order valence-electron chi connectivity index (χ2n) is 6.25. The zero-order valence-corrected chi connectivity index (χ0v) is 12.9. The minimum Gasteiger partial charge on any atom is -0.376 e. The van der Waals surface area contributed by atoms with E-state index in [1.54, 1.807) is 12.1 Å². The summed E-state index contributed by atoms with van der Waals surface area (Å²) < 4.78 is 0. The van der Waals surface area contributed by atoms with Gasteiger partial charge in [-0.25, -0.2) is 0 Å². The summed E-state index contributed by atoms with van der Waals surface area (Å²) in [6.07, 6.45) is 1.05. The topological polar surface area (TPSA) is 35.8 Å². The summed E-state index contributed by atoms with van der Waals surface area (Å²) in [5.74, 6) is 0. The fourth-order valence-corrected chi connectivity index (χ4v) is 3.36. The highest BCUT2D eigenvalue weighted by Gasteiger charge is 2.38. The van der Waals surface area contributed by atoms with E-state index in [0.29, 0.717) is 10.6 Å². The fraction of sp³-hybridized carbons (Fsp3) is 0.278. The van der Waals surface area contributed by atoms with Crippen molar-refractivity contribution >= 4 is 17.3 Å². The lowest BCUT2D eigenvalue weighted by molar-refractivity contribution is 0.337. The Morgan fingerprint density at radius 2 is 2.00 bits per heavy atom. The van der Waals surface area contributed by atoms with Crippen molar-refractivity contribution in [2.45, 2.75) is 26.3 Å². The van der Waals surface area contributed by atoms with Crippen LogP contribution in [0.2, 0.25) is 5.02 Å². The predicted molar refractivity (Wildman–Crippen MR) is 86.5 cm³/mol. The fourth-order valence-electron chi connectivity index (χ4n) is 3.12. The van der Waals surface area contributed by atoms with Gasteiger partial charge in [0.2, 0.25) is 0 Å². The van der Waals surface area contributed by atoms with Crippen LogP contribution in [0.5, 0.6) is 0 Å². The minimum absolute atomic E-state index is 0.126. The monoisotopic (exact) mass is 296 g/mol. The van der Waals surface area contributed by atoms with Crippen LogP contribution >= 0.6 is 11.6 Å². The lowest BCUT2D eigenvalue weighted by Crippen LogP contribution is -2.24. The number of hydrogen-bond acceptors (Lipinski definition) is 2. The molecule has 0 heterocycles. The zero-order valence-electron chi connectivity index (χ0n) is 12.2. The molecule has 1 aliphatic rings. The largest absolute Gasteiger partial charge is 0.376 e. The number of benzene rings is 2. The number of nitrogens with zero attached hydrogens (tertiary/aromatic N) is 1. The molecule has 1 atom stereocenters. The van der Waals surface area contributed by atoms with Gasteiger partial charge in [-0.05, 0) is 41.2 Å². The molecule has 0 fully saturated rings. The molecule has 0 amide bonds. The maximum atomic E-state index is 8.92. The van der Waals surface area contributed by atoms with E-state index in [4.69, 9.17) is 16.9 Å². The summed E-state index contributed by atoms with van der Waals surface area (Å²) in [4.78, 5) is 0. The lowest BCUT2D eigenvalue weighted by atomic mass is 9.85. The Labute approximate surface area is 130 Å². The predicted octanol–water partition coefficient (Wildman–Crippen LogP) is 4.95. The molecule has 0 saturated heterocycles. The van der Waals surface area contributed by atoms with Gasteiger partial charge in [0.05, 0.1) is 28.4 Å². The Hall–Kier alpha value is -1.98. The van der Waals surface area contributed by atoms with Gasteiger partial charge in [0.1, 0.15) is 0 Å². The van der Waals surface area contributed by atoms with Crippen LogP contribution in [0.4, 0.5) is 5.69 Å². The van der Waals surface area contributed by atoms with E-state index in [1.165, 1.54) is 11.1 Å². The van der Waals surface area contributed by atoms with Gasteiger partial charge in [0.15, 0.2) is 0 Å². The van der Waals surface area contributed by atoms with Crippen molar-refractivity contribution in [3.63, 3.8) is 0 Å². The Bertz CT molecular complexity index is 728. The average molecular weight is 297 g/mol. The van der Waals surface area contributed by atoms with Crippen molar-refractivity contribution in [1.82, 2.24) is 0 Å². The van der Waals surface area contributed by atoms with E-state index in [-0.39, 0.29) is 11.5 Å². The van der Waals surface area contributed by atoms with E-state index in [2.05, 4.69) is 49.5 Å². The second-order valence-corrected chi connectivity index (χ2v) is 6.66. The molecule has 1 unspecified atom stereocenters. The molecular formula is C18H17ClN2. The maximum Gasteiger partial charge on any atom is 0.0992 e. The molecule has 0 saturated carbocycles. The molecule has 21 heavy (non-hydrogen) atoms. The van der Waals surface area contributed by atoms with Crippen LogP contribution in [0, 0.1) is 16.7 Å². The Morgan fingerprint density at radius 3 is 2.71 bits per heavy atom. The normalized spacial score (nSPS) is 18.9. The third-order valence-corrected chi connectivity index (χ3v) is 4.50. The van der Waals surface area contributed by atoms with E-state index >= 15 is 0 Å². The number of hydrogen-bond donors (Lipinski definition) is 1. The highest BCUT2D eigenvalue weighted by Crippen LogP contribution is 2.47. The third-order valence-electron chi connectivity index (χ3n) is 4.19. The Kier molecular flexibility index (Phi) is 3.39. The minimum atomic E-state index is 0.126. The van der Waals surface area contributed by atoms with Crippen LogP contribution in [0.25, 0.3) is 0 Å². The Balaban J connectivity index is 1.96. The van der Waals surface area contributed by atoms with E-state index in [0.717, 1.165) is 12.1 Å². The molecule has 2 nitrogen and oxygen atoms in total. The second kappa shape index (κ2) is 5.09. The number of nitriles is 1. The van der Waals surface area contributed by atoms with Gasteiger partial charge in [-0.15, -0.1) is 0 Å². The smallest absolute Gasteiger partial charge is 0.0992 e. The number of rotatable bonds is 2. The third kappa shape index (κ3) is 2.50. The maximum absolute atomic E-state index is 8.92. The van der Waals surface area contributed by atoms with Crippen LogP contribution in [0.15, 0.2) is 42.5 Å². The van der Waals surface area contributed by atoms with Crippen LogP contribution in [0.1, 0.15) is 36.6 Å². The van der Waals surface area contributed by atoms with Crippen molar-refractivity contribution in [3.8, 4) is 6.07 Å². The summed E-state index contributed by atoms with van der Waals surface area (Å²) >= 11 is 6.29. The number of anilines is 1. The average Bonchev–Trinajstić information content (AvgIpc) is 2.71. The molecule has 1 N–H and O–H groups in total. The summed E-state index contributed by atoms with van der Waals surface area (Å²) in [6, 6.07) is 16.3. The first-order valence-corrected chi connectivity index (χ1v) is 7.43. The van der Waals surface area contributed by atoms with Crippen LogP contribution in [-0.2, 0) is 6.42 Å². The first-order valence-electron chi connectivity index (χ1n) is 7.05. The van der Waals surface area contributed by atoms with Gasteiger partial charge < -0.3 is 5.32 Å². The molecule has 1 aliphatic carbocycles. The van der Waals surface area contributed by atoms with Gasteiger partial charge in [-0.1, -0.05) is 49.7 Å². The standard InChI is InChI=1S/C18H17ClN2/c1-18(2)10-13-5-3-4-6-14(13)17(18)21-16-8-7-12(11-20)9-15(16)19/h3-9,17,21H,10H2,1-2H3. The molecule has 0 aliphatic heterocycles. The summed E-state index contributed by atoms with van der Waals surface area (Å²) in [7, 11) is 0. The summed E-state index contributed by atoms with van der Waals surface area (Å²) in [5, 5.41) is 13.1. The van der Waals surface area contributed by atoms with Crippen molar-refractivity contribution in [2.75, 3.05) is 5.32 Å². The molecular weight excluding hydrogens is 280 g/mol. The molecule has 0 aromatic heterocycles. The van der Waals surface area contributed by atoms with Crippen LogP contribution < -0.4 is 5.32 Å². The van der Waals surface area contributed by atoms with Crippen LogP contribution in [0.3, 0.4) is 0 Å². The van der Waals surface area contributed by atoms with Crippen LogP contribution in [-0.4, -0.2) is 0 Å². The lowest BCUT2D eigenvalue weighted by Gasteiger charge is -2.30. The van der Waals surface area contributed by atoms with Gasteiger partial charge in [-0.3, -0.25) is 0 Å². The van der Waals surface area contributed by atoms with E-state index in [9.17, 15) is 0 Å². The van der Waals surface area contributed by atoms with Crippen molar-refractivity contribution < 1.29 is 0 Å². The SMILES string of the molecule is CC1(C)Cc2ccccc2C1Nc1ccc(C#N)cc1Cl. The van der Waals surface area contributed by atoms with E-state index in [1.807, 2.05) is 6.07 Å². The van der Waals surface area contributed by atoms with Gasteiger partial charge in [0.25, 0.3) is 0 Å². The molecule has 106 valence electrons. The van der Waals surface area contributed by atoms with E-state index < -0.39 is 0 Å². The first kappa shape index (κ1) is 14.0. The van der Waals surface area contributed by atoms with Crippen molar-refractivity contribution in [3.05, 3.63) is 64.2 Å². The van der Waals surface area contributed by atoms with Gasteiger partial charge in [0, 0.05) is 0 Å². The summed E-state index contributed by atoms with van der Waals surface area (Å²) in [5.41, 5.74) is 4.32. The zero-order chi connectivity index (χ0) is 15.0. The number of fused-ring (bicyclic) bond motifs is 1. The van der Waals surface area contributed by atoms with Crippen molar-refractivity contribution in [2.24, 2.45) is 5.41 Å². The molecule has 2 aromatic carbocycles. The molecule has 3 heteroatoms. The number of nitrogens with one attached hydrogen (secondary N) is 1. The molecule has 0 radical (unpaired) electrons. The molecule has 3 rings (SSSR count). The quantitative estimate of drug-likeness (QED) is 0.851. The number of halogens is 1. The summed E-state index contributed by atoms with van der Waals surface area (Å²) in [6.45, 7) is 4.53. The van der Waals surface area contributed by atoms with Crippen molar-refractivity contribution in [1.29, 1.82) is 5.26 Å². The molecule has 2 aromatic rings. The molecule has 0 bridgehead atoms. The Morgan fingerprint density at radius 1 is 1.24 bits per heavy atom. The first-order chi connectivity index (χ1) is 10.0. The van der Waals surface area contributed by atoms with Gasteiger partial charge >= 0.3 is 0 Å².